The minimum Gasteiger partial charge on any atom is -0.126 e. The van der Waals surface area contributed by atoms with Crippen LogP contribution in [0, 0.1) is 5.41 Å². The number of hydrogen-bond donors (Lipinski definition) is 0. The molecular weight excluding hydrogens is 287 g/mol. The lowest BCUT2D eigenvalue weighted by atomic mass is 9.75. The van der Waals surface area contributed by atoms with Gasteiger partial charge >= 0.3 is 0 Å². The van der Waals surface area contributed by atoms with Crippen molar-refractivity contribution in [3.8, 4) is 0 Å². The number of hydrogen-bond acceptors (Lipinski definition) is 0. The zero-order valence-electron chi connectivity index (χ0n) is 11.3. The fraction of sp³-hybridized carbons (Fsp3) is 0.600. The summed E-state index contributed by atoms with van der Waals surface area (Å²) in [5.41, 5.74) is 1.11. The number of benzene rings is 1. The Kier molecular flexibility index (Phi) is 5.83. The maximum atomic E-state index is 6.30. The van der Waals surface area contributed by atoms with E-state index in [2.05, 4.69) is 20.8 Å². The van der Waals surface area contributed by atoms with E-state index in [-0.39, 0.29) is 10.8 Å². The Bertz CT molecular complexity index is 376. The summed E-state index contributed by atoms with van der Waals surface area (Å²) in [5, 5.41) is 0.757. The van der Waals surface area contributed by atoms with Crippen molar-refractivity contribution in [3.63, 3.8) is 0 Å². The van der Waals surface area contributed by atoms with E-state index in [0.717, 1.165) is 23.4 Å². The van der Waals surface area contributed by atoms with Crippen molar-refractivity contribution in [2.45, 2.75) is 39.0 Å². The first-order valence-electron chi connectivity index (χ1n) is 6.22. The average Bonchev–Trinajstić information content (AvgIpc) is 2.31. The molecule has 0 aliphatic rings. The summed E-state index contributed by atoms with van der Waals surface area (Å²) in [7, 11) is 0. The molecule has 18 heavy (non-hydrogen) atoms. The summed E-state index contributed by atoms with van der Waals surface area (Å²) in [4.78, 5) is 0. The van der Waals surface area contributed by atoms with Gasteiger partial charge in [0.05, 0.1) is 0 Å². The first kappa shape index (κ1) is 16.1. The van der Waals surface area contributed by atoms with Crippen LogP contribution in [0.15, 0.2) is 24.3 Å². The SMILES string of the molecule is CC(C)(C)CCC(CCl)(CCl)c1ccccc1Cl. The molecule has 0 aliphatic heterocycles. The van der Waals surface area contributed by atoms with Gasteiger partial charge in [-0.05, 0) is 29.9 Å². The molecule has 0 atom stereocenters. The molecule has 102 valence electrons. The molecule has 0 spiro atoms. The molecule has 0 aliphatic carbocycles. The second-order valence-electron chi connectivity index (χ2n) is 6.09. The molecule has 0 N–H and O–H groups in total. The molecule has 0 heterocycles. The molecule has 0 radical (unpaired) electrons. The van der Waals surface area contributed by atoms with Crippen LogP contribution in [0.4, 0.5) is 0 Å². The molecule has 0 bridgehead atoms. The second-order valence-corrected chi connectivity index (χ2v) is 7.03. The fourth-order valence-electron chi connectivity index (χ4n) is 1.95. The first-order valence-corrected chi connectivity index (χ1v) is 7.66. The molecule has 3 heteroatoms. The van der Waals surface area contributed by atoms with Gasteiger partial charge in [-0.3, -0.25) is 0 Å². The third-order valence-electron chi connectivity index (χ3n) is 3.31. The topological polar surface area (TPSA) is 0 Å². The Hall–Kier alpha value is 0.0900. The summed E-state index contributed by atoms with van der Waals surface area (Å²) < 4.78 is 0. The predicted octanol–water partition coefficient (Wildman–Crippen LogP) is 5.88. The molecule has 0 unspecified atom stereocenters. The van der Waals surface area contributed by atoms with Gasteiger partial charge in [0, 0.05) is 22.2 Å². The lowest BCUT2D eigenvalue weighted by Crippen LogP contribution is -2.32. The Morgan fingerprint density at radius 1 is 0.944 bits per heavy atom. The van der Waals surface area contributed by atoms with E-state index in [1.807, 2.05) is 24.3 Å². The van der Waals surface area contributed by atoms with Crippen molar-refractivity contribution in [1.29, 1.82) is 0 Å². The van der Waals surface area contributed by atoms with E-state index in [1.165, 1.54) is 0 Å². The number of halogens is 3. The summed E-state index contributed by atoms with van der Waals surface area (Å²) in [6, 6.07) is 7.87. The van der Waals surface area contributed by atoms with E-state index in [1.54, 1.807) is 0 Å². The third kappa shape index (κ3) is 4.05. The van der Waals surface area contributed by atoms with Crippen LogP contribution in [0.1, 0.15) is 39.2 Å². The molecule has 0 fully saturated rings. The van der Waals surface area contributed by atoms with Gasteiger partial charge in [-0.25, -0.2) is 0 Å². The Labute approximate surface area is 126 Å². The molecule has 1 aromatic rings. The van der Waals surface area contributed by atoms with Gasteiger partial charge < -0.3 is 0 Å². The maximum absolute atomic E-state index is 6.30. The van der Waals surface area contributed by atoms with Gasteiger partial charge in [-0.1, -0.05) is 50.6 Å². The maximum Gasteiger partial charge on any atom is 0.0444 e. The second kappa shape index (κ2) is 6.50. The summed E-state index contributed by atoms with van der Waals surface area (Å²) in [5.74, 6) is 0.993. The van der Waals surface area contributed by atoms with Crippen molar-refractivity contribution in [2.24, 2.45) is 5.41 Å². The fourth-order valence-corrected chi connectivity index (χ4v) is 3.13. The zero-order chi connectivity index (χ0) is 13.8. The average molecular weight is 308 g/mol. The number of rotatable bonds is 5. The normalized spacial score (nSPS) is 12.8. The Morgan fingerprint density at radius 2 is 1.50 bits per heavy atom. The predicted molar refractivity (Wildman–Crippen MR) is 83.3 cm³/mol. The van der Waals surface area contributed by atoms with Crippen LogP contribution in [-0.4, -0.2) is 11.8 Å². The summed E-state index contributed by atoms with van der Waals surface area (Å²) in [6.45, 7) is 6.69. The lowest BCUT2D eigenvalue weighted by molar-refractivity contribution is 0.318. The van der Waals surface area contributed by atoms with E-state index in [4.69, 9.17) is 34.8 Å². The van der Waals surface area contributed by atoms with Crippen LogP contribution in [0.3, 0.4) is 0 Å². The lowest BCUT2D eigenvalue weighted by Gasteiger charge is -2.33. The van der Waals surface area contributed by atoms with Gasteiger partial charge in [-0.2, -0.15) is 0 Å². The standard InChI is InChI=1S/C15H21Cl3/c1-14(2,3)8-9-15(10-16,11-17)12-6-4-5-7-13(12)18/h4-7H,8-11H2,1-3H3. The molecular formula is C15H21Cl3. The Morgan fingerprint density at radius 3 is 1.94 bits per heavy atom. The Balaban J connectivity index is 3.04. The summed E-state index contributed by atoms with van der Waals surface area (Å²) in [6.07, 6.45) is 2.02. The largest absolute Gasteiger partial charge is 0.126 e. The highest BCUT2D eigenvalue weighted by Crippen LogP contribution is 2.39. The van der Waals surface area contributed by atoms with Crippen LogP contribution in [-0.2, 0) is 5.41 Å². The highest BCUT2D eigenvalue weighted by atomic mass is 35.5. The molecule has 0 amide bonds. The van der Waals surface area contributed by atoms with Gasteiger partial charge in [0.15, 0.2) is 0 Å². The van der Waals surface area contributed by atoms with Crippen LogP contribution < -0.4 is 0 Å². The van der Waals surface area contributed by atoms with Gasteiger partial charge in [-0.15, -0.1) is 23.2 Å². The monoisotopic (exact) mass is 306 g/mol. The van der Waals surface area contributed by atoms with Crippen molar-refractivity contribution >= 4 is 34.8 Å². The highest BCUT2D eigenvalue weighted by Gasteiger charge is 2.33. The molecule has 0 saturated heterocycles. The smallest absolute Gasteiger partial charge is 0.0444 e. The number of alkyl halides is 2. The highest BCUT2D eigenvalue weighted by molar-refractivity contribution is 6.32. The minimum atomic E-state index is -0.227. The van der Waals surface area contributed by atoms with Crippen molar-refractivity contribution in [1.82, 2.24) is 0 Å². The van der Waals surface area contributed by atoms with Crippen molar-refractivity contribution in [3.05, 3.63) is 34.9 Å². The van der Waals surface area contributed by atoms with Crippen LogP contribution >= 0.6 is 34.8 Å². The molecule has 1 aromatic carbocycles. The molecule has 0 saturated carbocycles. The minimum absolute atomic E-state index is 0.227. The van der Waals surface area contributed by atoms with Gasteiger partial charge in [0.25, 0.3) is 0 Å². The van der Waals surface area contributed by atoms with Gasteiger partial charge in [0.1, 0.15) is 0 Å². The zero-order valence-corrected chi connectivity index (χ0v) is 13.5. The third-order valence-corrected chi connectivity index (χ3v) is 4.66. The summed E-state index contributed by atoms with van der Waals surface area (Å²) >= 11 is 18.7. The van der Waals surface area contributed by atoms with Crippen LogP contribution in [0.5, 0.6) is 0 Å². The van der Waals surface area contributed by atoms with Gasteiger partial charge in [0.2, 0.25) is 0 Å². The van der Waals surface area contributed by atoms with E-state index >= 15 is 0 Å². The van der Waals surface area contributed by atoms with Crippen LogP contribution in [0.2, 0.25) is 5.02 Å². The van der Waals surface area contributed by atoms with Crippen molar-refractivity contribution < 1.29 is 0 Å². The quantitative estimate of drug-likeness (QED) is 0.596. The molecule has 1 rings (SSSR count). The van der Waals surface area contributed by atoms with Crippen LogP contribution in [0.25, 0.3) is 0 Å². The first-order chi connectivity index (χ1) is 8.34. The van der Waals surface area contributed by atoms with Crippen molar-refractivity contribution in [2.75, 3.05) is 11.8 Å². The molecule has 0 aromatic heterocycles. The van der Waals surface area contributed by atoms with E-state index in [0.29, 0.717) is 11.8 Å². The van der Waals surface area contributed by atoms with E-state index in [9.17, 15) is 0 Å². The van der Waals surface area contributed by atoms with E-state index < -0.39 is 0 Å². The molecule has 0 nitrogen and oxygen atoms in total.